The van der Waals surface area contributed by atoms with Crippen LogP contribution in [0.25, 0.3) is 0 Å². The van der Waals surface area contributed by atoms with Crippen LogP contribution in [0.15, 0.2) is 6.20 Å². The second kappa shape index (κ2) is 8.13. The van der Waals surface area contributed by atoms with Crippen molar-refractivity contribution in [3.05, 3.63) is 17.5 Å². The van der Waals surface area contributed by atoms with E-state index in [-0.39, 0.29) is 12.1 Å². The van der Waals surface area contributed by atoms with Gasteiger partial charge in [-0.25, -0.2) is 14.8 Å². The molecule has 6 heteroatoms. The van der Waals surface area contributed by atoms with Crippen molar-refractivity contribution in [1.82, 2.24) is 20.6 Å². The summed E-state index contributed by atoms with van der Waals surface area (Å²) in [5.41, 5.74) is 1.87. The summed E-state index contributed by atoms with van der Waals surface area (Å²) in [6.07, 6.45) is 8.20. The van der Waals surface area contributed by atoms with Crippen LogP contribution in [0, 0.1) is 6.92 Å². The summed E-state index contributed by atoms with van der Waals surface area (Å²) in [4.78, 5) is 23.1. The van der Waals surface area contributed by atoms with Crippen molar-refractivity contribution in [3.8, 4) is 0 Å². The molecule has 0 spiro atoms. The van der Waals surface area contributed by atoms with E-state index in [0.717, 1.165) is 17.2 Å². The Kier molecular flexibility index (Phi) is 6.19. The molecule has 0 radical (unpaired) electrons. The zero-order chi connectivity index (χ0) is 16.8. The van der Waals surface area contributed by atoms with Gasteiger partial charge in [-0.05, 0) is 33.6 Å². The Morgan fingerprint density at radius 3 is 2.70 bits per heavy atom. The largest absolute Gasteiger partial charge is 0.341 e. The lowest BCUT2D eigenvalue weighted by Crippen LogP contribution is -2.37. The van der Waals surface area contributed by atoms with E-state index in [4.69, 9.17) is 0 Å². The molecule has 1 aliphatic rings. The van der Waals surface area contributed by atoms with E-state index >= 15 is 0 Å². The summed E-state index contributed by atoms with van der Waals surface area (Å²) < 4.78 is 0. The Morgan fingerprint density at radius 2 is 2.09 bits per heavy atom. The van der Waals surface area contributed by atoms with E-state index in [2.05, 4.69) is 32.5 Å². The van der Waals surface area contributed by atoms with Crippen molar-refractivity contribution in [2.75, 3.05) is 18.5 Å². The zero-order valence-corrected chi connectivity index (χ0v) is 14.7. The van der Waals surface area contributed by atoms with Gasteiger partial charge in [0, 0.05) is 37.1 Å². The van der Waals surface area contributed by atoms with Gasteiger partial charge in [-0.2, -0.15) is 0 Å². The normalized spacial score (nSPS) is 16.7. The third kappa shape index (κ3) is 4.56. The number of urea groups is 1. The molecular weight excluding hydrogens is 290 g/mol. The number of aryl methyl sites for hydroxylation is 1. The minimum atomic E-state index is -0.164. The average Bonchev–Trinajstić information content (AvgIpc) is 2.54. The molecule has 1 aromatic heterocycles. The number of rotatable bonds is 5. The molecule has 6 nitrogen and oxygen atoms in total. The van der Waals surface area contributed by atoms with Crippen molar-refractivity contribution in [1.29, 1.82) is 0 Å². The summed E-state index contributed by atoms with van der Waals surface area (Å²) >= 11 is 0. The fourth-order valence-corrected chi connectivity index (χ4v) is 3.18. The van der Waals surface area contributed by atoms with Gasteiger partial charge >= 0.3 is 6.03 Å². The maximum Gasteiger partial charge on any atom is 0.315 e. The Bertz CT molecular complexity index is 528. The van der Waals surface area contributed by atoms with E-state index < -0.39 is 0 Å². The number of anilines is 1. The first-order chi connectivity index (χ1) is 11.0. The number of nitrogens with one attached hydrogen (secondary N) is 2. The fraction of sp³-hybridized carbons (Fsp3) is 0.706. The lowest BCUT2D eigenvalue weighted by atomic mass is 9.95. The third-order valence-electron chi connectivity index (χ3n) is 4.59. The molecule has 0 saturated heterocycles. The highest BCUT2D eigenvalue weighted by Crippen LogP contribution is 2.25. The van der Waals surface area contributed by atoms with Crippen LogP contribution in [0.2, 0.25) is 0 Å². The van der Waals surface area contributed by atoms with Gasteiger partial charge in [0.25, 0.3) is 0 Å². The molecule has 1 aliphatic carbocycles. The lowest BCUT2D eigenvalue weighted by molar-refractivity contribution is 0.238. The van der Waals surface area contributed by atoms with Crippen LogP contribution in [-0.2, 0) is 0 Å². The smallest absolute Gasteiger partial charge is 0.315 e. The summed E-state index contributed by atoms with van der Waals surface area (Å²) in [5.74, 6) is 0.781. The quantitative estimate of drug-likeness (QED) is 0.875. The summed E-state index contributed by atoms with van der Waals surface area (Å²) in [6, 6.07) is 0.262. The van der Waals surface area contributed by atoms with E-state index in [1.807, 2.05) is 27.0 Å². The molecule has 2 N–H and O–H groups in total. The van der Waals surface area contributed by atoms with Crippen LogP contribution in [0.4, 0.5) is 10.7 Å². The van der Waals surface area contributed by atoms with Crippen LogP contribution >= 0.6 is 0 Å². The Labute approximate surface area is 139 Å². The second-order valence-corrected chi connectivity index (χ2v) is 6.34. The highest BCUT2D eigenvalue weighted by Gasteiger charge is 2.21. The van der Waals surface area contributed by atoms with Crippen molar-refractivity contribution in [3.63, 3.8) is 0 Å². The Hall–Kier alpha value is -1.85. The molecule has 23 heavy (non-hydrogen) atoms. The topological polar surface area (TPSA) is 70.2 Å². The van der Waals surface area contributed by atoms with E-state index in [9.17, 15) is 4.79 Å². The van der Waals surface area contributed by atoms with Crippen molar-refractivity contribution >= 4 is 12.0 Å². The van der Waals surface area contributed by atoms with Crippen molar-refractivity contribution in [2.45, 2.75) is 65.0 Å². The molecule has 0 aliphatic heterocycles. The molecule has 128 valence electrons. The number of aromatic nitrogens is 2. The van der Waals surface area contributed by atoms with Crippen LogP contribution in [0.1, 0.15) is 63.3 Å². The fourth-order valence-electron chi connectivity index (χ4n) is 3.18. The maximum absolute atomic E-state index is 11.6. The van der Waals surface area contributed by atoms with Gasteiger partial charge in [-0.15, -0.1) is 0 Å². The predicted octanol–water partition coefficient (Wildman–Crippen LogP) is 2.93. The van der Waals surface area contributed by atoms with E-state index in [1.165, 1.54) is 32.1 Å². The highest BCUT2D eigenvalue weighted by atomic mass is 16.2. The monoisotopic (exact) mass is 319 g/mol. The maximum atomic E-state index is 11.6. The first kappa shape index (κ1) is 17.5. The van der Waals surface area contributed by atoms with Crippen molar-refractivity contribution in [2.24, 2.45) is 0 Å². The van der Waals surface area contributed by atoms with Gasteiger partial charge < -0.3 is 15.5 Å². The minimum Gasteiger partial charge on any atom is -0.341 e. The van der Waals surface area contributed by atoms with Crippen LogP contribution in [0.3, 0.4) is 0 Å². The Morgan fingerprint density at radius 1 is 1.39 bits per heavy atom. The number of hydrogen-bond donors (Lipinski definition) is 2. The van der Waals surface area contributed by atoms with Crippen LogP contribution < -0.4 is 15.5 Å². The molecule has 1 atom stereocenters. The molecule has 2 amide bonds. The zero-order valence-electron chi connectivity index (χ0n) is 14.7. The van der Waals surface area contributed by atoms with Gasteiger partial charge in [0.2, 0.25) is 5.95 Å². The third-order valence-corrected chi connectivity index (χ3v) is 4.59. The van der Waals surface area contributed by atoms with E-state index in [0.29, 0.717) is 12.6 Å². The summed E-state index contributed by atoms with van der Waals surface area (Å²) in [5, 5.41) is 5.65. The SMILES string of the molecule is CCNC(=O)N[C@@H](C)c1cnc(N(C)C2CCCCC2)nc1C. The average molecular weight is 319 g/mol. The van der Waals surface area contributed by atoms with Gasteiger partial charge in [0.05, 0.1) is 6.04 Å². The summed E-state index contributed by atoms with van der Waals surface area (Å²) in [6.45, 7) is 6.43. The molecule has 0 unspecified atom stereocenters. The van der Waals surface area contributed by atoms with Gasteiger partial charge in [0.15, 0.2) is 0 Å². The minimum absolute atomic E-state index is 0.115. The number of carbonyl (C=O) groups excluding carboxylic acids is 1. The molecular formula is C17H29N5O. The lowest BCUT2D eigenvalue weighted by Gasteiger charge is -2.31. The first-order valence-corrected chi connectivity index (χ1v) is 8.63. The molecule has 0 bridgehead atoms. The molecule has 1 fully saturated rings. The number of nitrogens with zero attached hydrogens (tertiary/aromatic N) is 3. The van der Waals surface area contributed by atoms with Crippen LogP contribution in [0.5, 0.6) is 0 Å². The molecule has 1 aromatic rings. The number of amides is 2. The van der Waals surface area contributed by atoms with Gasteiger partial charge in [0.1, 0.15) is 0 Å². The first-order valence-electron chi connectivity index (χ1n) is 8.63. The van der Waals surface area contributed by atoms with Gasteiger partial charge in [-0.1, -0.05) is 19.3 Å². The highest BCUT2D eigenvalue weighted by molar-refractivity contribution is 5.74. The number of carbonyl (C=O) groups is 1. The second-order valence-electron chi connectivity index (χ2n) is 6.34. The predicted molar refractivity (Wildman–Crippen MR) is 92.7 cm³/mol. The summed E-state index contributed by atoms with van der Waals surface area (Å²) in [7, 11) is 2.08. The molecule has 2 rings (SSSR count). The van der Waals surface area contributed by atoms with Crippen LogP contribution in [-0.4, -0.2) is 35.6 Å². The Balaban J connectivity index is 2.06. The molecule has 1 saturated carbocycles. The van der Waals surface area contributed by atoms with Crippen molar-refractivity contribution < 1.29 is 4.79 Å². The van der Waals surface area contributed by atoms with Gasteiger partial charge in [-0.3, -0.25) is 0 Å². The number of hydrogen-bond acceptors (Lipinski definition) is 4. The molecule has 1 heterocycles. The standard InChI is InChI=1S/C17H29N5O/c1-5-18-17(23)21-13(3)15-11-19-16(20-12(15)2)22(4)14-9-7-6-8-10-14/h11,13-14H,5-10H2,1-4H3,(H2,18,21,23)/t13-/m0/s1. The molecule has 0 aromatic carbocycles. The van der Waals surface area contributed by atoms with E-state index in [1.54, 1.807) is 0 Å².